The maximum Gasteiger partial charge on any atom is 0.126 e. The van der Waals surface area contributed by atoms with Crippen LogP contribution in [0, 0.1) is 11.6 Å². The summed E-state index contributed by atoms with van der Waals surface area (Å²) in [5.74, 6) is -1.12. The SMILES string of the molecule is CNC(CCN1CCOC(CO)C1)c1cc(F)cc(F)c1. The number of nitrogens with zero attached hydrogens (tertiary/aromatic N) is 1. The second-order valence-corrected chi connectivity index (χ2v) is 5.31. The molecule has 1 heterocycles. The molecule has 1 saturated heterocycles. The van der Waals surface area contributed by atoms with Crippen molar-refractivity contribution in [1.29, 1.82) is 0 Å². The highest BCUT2D eigenvalue weighted by Gasteiger charge is 2.21. The normalized spacial score (nSPS) is 21.4. The van der Waals surface area contributed by atoms with Crippen LogP contribution in [0.3, 0.4) is 0 Å². The van der Waals surface area contributed by atoms with E-state index in [1.54, 1.807) is 7.05 Å². The lowest BCUT2D eigenvalue weighted by Crippen LogP contribution is -2.44. The number of benzene rings is 1. The molecule has 1 fully saturated rings. The number of ether oxygens (including phenoxy) is 1. The minimum absolute atomic E-state index is 0.0149. The van der Waals surface area contributed by atoms with E-state index in [1.807, 2.05) is 0 Å². The second kappa shape index (κ2) is 7.79. The van der Waals surface area contributed by atoms with Gasteiger partial charge in [0.25, 0.3) is 0 Å². The third kappa shape index (κ3) is 4.71. The molecule has 6 heteroatoms. The third-order valence-electron chi connectivity index (χ3n) is 3.80. The summed E-state index contributed by atoms with van der Waals surface area (Å²) in [6, 6.07) is 3.50. The molecule has 0 amide bonds. The Labute approximate surface area is 123 Å². The van der Waals surface area contributed by atoms with Crippen LogP contribution in [0.5, 0.6) is 0 Å². The Hall–Kier alpha value is -1.08. The van der Waals surface area contributed by atoms with E-state index in [-0.39, 0.29) is 18.8 Å². The number of rotatable bonds is 6. The van der Waals surface area contributed by atoms with Crippen LogP contribution in [0.4, 0.5) is 8.78 Å². The van der Waals surface area contributed by atoms with E-state index in [1.165, 1.54) is 12.1 Å². The molecule has 0 saturated carbocycles. The number of aliphatic hydroxyl groups excluding tert-OH is 1. The summed E-state index contributed by atoms with van der Waals surface area (Å²) in [4.78, 5) is 2.20. The van der Waals surface area contributed by atoms with Crippen LogP contribution in [0.25, 0.3) is 0 Å². The fourth-order valence-corrected chi connectivity index (χ4v) is 2.66. The first-order valence-corrected chi connectivity index (χ1v) is 7.20. The Morgan fingerprint density at radius 3 is 2.71 bits per heavy atom. The molecule has 1 aromatic rings. The summed E-state index contributed by atoms with van der Waals surface area (Å²) in [5.41, 5.74) is 0.613. The standard InChI is InChI=1S/C15H22F2N2O2/c1-18-15(11-6-12(16)8-13(17)7-11)2-3-19-4-5-21-14(9-19)10-20/h6-8,14-15,18,20H,2-5,9-10H2,1H3. The fraction of sp³-hybridized carbons (Fsp3) is 0.600. The predicted molar refractivity (Wildman–Crippen MR) is 76.0 cm³/mol. The molecule has 2 atom stereocenters. The van der Waals surface area contributed by atoms with Crippen LogP contribution in [-0.2, 0) is 4.74 Å². The van der Waals surface area contributed by atoms with Gasteiger partial charge in [-0.2, -0.15) is 0 Å². The second-order valence-electron chi connectivity index (χ2n) is 5.31. The van der Waals surface area contributed by atoms with Crippen LogP contribution in [0.1, 0.15) is 18.0 Å². The van der Waals surface area contributed by atoms with Gasteiger partial charge in [0.1, 0.15) is 11.6 Å². The highest BCUT2D eigenvalue weighted by molar-refractivity contribution is 5.21. The zero-order valence-corrected chi connectivity index (χ0v) is 12.2. The van der Waals surface area contributed by atoms with Crippen molar-refractivity contribution in [2.75, 3.05) is 39.9 Å². The minimum atomic E-state index is -0.558. The van der Waals surface area contributed by atoms with E-state index >= 15 is 0 Å². The van der Waals surface area contributed by atoms with Crippen LogP contribution >= 0.6 is 0 Å². The molecule has 21 heavy (non-hydrogen) atoms. The average molecular weight is 300 g/mol. The molecule has 0 aromatic heterocycles. The predicted octanol–water partition coefficient (Wildman–Crippen LogP) is 1.31. The van der Waals surface area contributed by atoms with Crippen molar-refractivity contribution in [3.63, 3.8) is 0 Å². The zero-order chi connectivity index (χ0) is 15.2. The van der Waals surface area contributed by atoms with Gasteiger partial charge >= 0.3 is 0 Å². The lowest BCUT2D eigenvalue weighted by Gasteiger charge is -2.33. The number of aliphatic hydroxyl groups is 1. The largest absolute Gasteiger partial charge is 0.394 e. The van der Waals surface area contributed by atoms with Gasteiger partial charge in [0, 0.05) is 31.7 Å². The Balaban J connectivity index is 1.93. The van der Waals surface area contributed by atoms with Crippen molar-refractivity contribution in [2.24, 2.45) is 0 Å². The topological polar surface area (TPSA) is 44.7 Å². The highest BCUT2D eigenvalue weighted by atomic mass is 19.1. The molecule has 1 aliphatic rings. The molecule has 1 aromatic carbocycles. The van der Waals surface area contributed by atoms with Gasteiger partial charge in [0.15, 0.2) is 0 Å². The summed E-state index contributed by atoms with van der Waals surface area (Å²) >= 11 is 0. The molecule has 0 spiro atoms. The van der Waals surface area contributed by atoms with Crippen LogP contribution < -0.4 is 5.32 Å². The van der Waals surface area contributed by atoms with Crippen molar-refractivity contribution in [2.45, 2.75) is 18.6 Å². The lowest BCUT2D eigenvalue weighted by molar-refractivity contribution is -0.0533. The molecule has 2 unspecified atom stereocenters. The van der Waals surface area contributed by atoms with Crippen molar-refractivity contribution >= 4 is 0 Å². The summed E-state index contributed by atoms with van der Waals surface area (Å²) < 4.78 is 32.0. The van der Waals surface area contributed by atoms with Gasteiger partial charge in [-0.05, 0) is 31.2 Å². The Bertz CT molecular complexity index is 439. The van der Waals surface area contributed by atoms with E-state index in [2.05, 4.69) is 10.2 Å². The molecular formula is C15H22F2N2O2. The van der Waals surface area contributed by atoms with Gasteiger partial charge in [0.05, 0.1) is 19.3 Å². The summed E-state index contributed by atoms with van der Waals surface area (Å²) in [6.07, 6.45) is 0.593. The number of hydrogen-bond acceptors (Lipinski definition) is 4. The molecule has 2 N–H and O–H groups in total. The average Bonchev–Trinajstić information content (AvgIpc) is 2.47. The van der Waals surface area contributed by atoms with Gasteiger partial charge in [0.2, 0.25) is 0 Å². The molecular weight excluding hydrogens is 278 g/mol. The summed E-state index contributed by atoms with van der Waals surface area (Å²) in [7, 11) is 1.78. The van der Waals surface area contributed by atoms with E-state index in [0.717, 1.165) is 25.6 Å². The molecule has 1 aliphatic heterocycles. The zero-order valence-electron chi connectivity index (χ0n) is 12.2. The molecule has 118 valence electrons. The van der Waals surface area contributed by atoms with E-state index in [4.69, 9.17) is 9.84 Å². The van der Waals surface area contributed by atoms with Crippen molar-refractivity contribution < 1.29 is 18.6 Å². The first-order chi connectivity index (χ1) is 10.1. The number of morpholine rings is 1. The van der Waals surface area contributed by atoms with Gasteiger partial charge in [-0.3, -0.25) is 4.90 Å². The van der Waals surface area contributed by atoms with Crippen LogP contribution in [0.15, 0.2) is 18.2 Å². The third-order valence-corrected chi connectivity index (χ3v) is 3.80. The summed E-state index contributed by atoms with van der Waals surface area (Å²) in [6.45, 7) is 2.89. The van der Waals surface area contributed by atoms with Gasteiger partial charge in [-0.1, -0.05) is 0 Å². The first kappa shape index (κ1) is 16.3. The molecule has 2 rings (SSSR count). The van der Waals surface area contributed by atoms with E-state index in [9.17, 15) is 8.78 Å². The summed E-state index contributed by atoms with van der Waals surface area (Å²) in [5, 5.41) is 12.2. The van der Waals surface area contributed by atoms with Crippen molar-refractivity contribution in [3.05, 3.63) is 35.4 Å². The smallest absolute Gasteiger partial charge is 0.126 e. The van der Waals surface area contributed by atoms with Crippen LogP contribution in [0.2, 0.25) is 0 Å². The highest BCUT2D eigenvalue weighted by Crippen LogP contribution is 2.20. The molecule has 0 bridgehead atoms. The van der Waals surface area contributed by atoms with Gasteiger partial charge in [-0.25, -0.2) is 8.78 Å². The number of halogens is 2. The molecule has 0 radical (unpaired) electrons. The van der Waals surface area contributed by atoms with Crippen LogP contribution in [-0.4, -0.2) is 56.0 Å². The Morgan fingerprint density at radius 2 is 2.10 bits per heavy atom. The first-order valence-electron chi connectivity index (χ1n) is 7.20. The number of nitrogens with one attached hydrogen (secondary N) is 1. The Kier molecular flexibility index (Phi) is 6.05. The monoisotopic (exact) mass is 300 g/mol. The minimum Gasteiger partial charge on any atom is -0.394 e. The molecule has 0 aliphatic carbocycles. The van der Waals surface area contributed by atoms with Gasteiger partial charge in [-0.15, -0.1) is 0 Å². The van der Waals surface area contributed by atoms with Gasteiger partial charge < -0.3 is 15.2 Å². The maximum absolute atomic E-state index is 13.3. The van der Waals surface area contributed by atoms with E-state index < -0.39 is 11.6 Å². The fourth-order valence-electron chi connectivity index (χ4n) is 2.66. The van der Waals surface area contributed by atoms with E-state index in [0.29, 0.717) is 18.7 Å². The van der Waals surface area contributed by atoms with Crippen molar-refractivity contribution in [1.82, 2.24) is 10.2 Å². The quantitative estimate of drug-likeness (QED) is 0.831. The van der Waals surface area contributed by atoms with Crippen molar-refractivity contribution in [3.8, 4) is 0 Å². The lowest BCUT2D eigenvalue weighted by atomic mass is 10.0. The maximum atomic E-state index is 13.3. The number of hydrogen-bond donors (Lipinski definition) is 2. The Morgan fingerprint density at radius 1 is 1.38 bits per heavy atom. The molecule has 4 nitrogen and oxygen atoms in total.